The maximum atomic E-state index is 12.4. The summed E-state index contributed by atoms with van der Waals surface area (Å²) in [7, 11) is -3.69. The maximum Gasteiger partial charge on any atom is 0.427 e. The summed E-state index contributed by atoms with van der Waals surface area (Å²) in [5.41, 5.74) is 4.12. The summed E-state index contributed by atoms with van der Waals surface area (Å²) in [6.07, 6.45) is -0.653. The molecule has 0 aliphatic rings. The van der Waals surface area contributed by atoms with Gasteiger partial charge in [0.05, 0.1) is 17.2 Å². The summed E-state index contributed by atoms with van der Waals surface area (Å²) in [6.45, 7) is 3.71. The second-order valence-corrected chi connectivity index (χ2v) is 7.64. The van der Waals surface area contributed by atoms with Gasteiger partial charge in [-0.2, -0.15) is 5.10 Å². The molecule has 2 aromatic rings. The molecule has 0 aromatic heterocycles. The van der Waals surface area contributed by atoms with Crippen LogP contribution in [0.3, 0.4) is 0 Å². The van der Waals surface area contributed by atoms with E-state index in [0.717, 1.165) is 0 Å². The number of ether oxygens (including phenoxy) is 1. The fourth-order valence-electron chi connectivity index (χ4n) is 2.13. The van der Waals surface area contributed by atoms with Crippen molar-refractivity contribution in [3.8, 4) is 0 Å². The van der Waals surface area contributed by atoms with Crippen LogP contribution < -0.4 is 10.1 Å². The average molecular weight is 410 g/mol. The Hall–Kier alpha value is -2.42. The monoisotopic (exact) mass is 409 g/mol. The van der Waals surface area contributed by atoms with E-state index in [4.69, 9.17) is 16.3 Å². The Bertz CT molecular complexity index is 928. The molecule has 0 radical (unpaired) electrons. The van der Waals surface area contributed by atoms with Gasteiger partial charge in [0.15, 0.2) is 0 Å². The average Bonchev–Trinajstić information content (AvgIpc) is 2.66. The molecule has 9 heteroatoms. The van der Waals surface area contributed by atoms with Crippen molar-refractivity contribution in [1.82, 2.24) is 10.1 Å². The zero-order chi connectivity index (χ0) is 19.9. The minimum Gasteiger partial charge on any atom is -0.449 e. The number of hydrogen-bond acceptors (Lipinski definition) is 5. The highest BCUT2D eigenvalue weighted by Crippen LogP contribution is 2.16. The first-order valence-corrected chi connectivity index (χ1v) is 10.00. The summed E-state index contributed by atoms with van der Waals surface area (Å²) in [5, 5.41) is 4.40. The van der Waals surface area contributed by atoms with Crippen molar-refractivity contribution in [3.63, 3.8) is 0 Å². The molecule has 0 saturated carbocycles. The van der Waals surface area contributed by atoms with Gasteiger partial charge in [-0.15, -0.1) is 0 Å². The first kappa shape index (κ1) is 20.9. The number of rotatable bonds is 7. The molecule has 0 aliphatic heterocycles. The number of hydrogen-bond donors (Lipinski definition) is 2. The molecule has 0 aliphatic carbocycles. The van der Waals surface area contributed by atoms with Gasteiger partial charge >= 0.3 is 6.09 Å². The number of nitrogens with zero attached hydrogens (tertiary/aromatic N) is 1. The van der Waals surface area contributed by atoms with Crippen LogP contribution in [0.25, 0.3) is 0 Å². The Morgan fingerprint density at radius 1 is 1.15 bits per heavy atom. The van der Waals surface area contributed by atoms with Gasteiger partial charge in [0.1, 0.15) is 0 Å². The summed E-state index contributed by atoms with van der Waals surface area (Å²) in [4.78, 5) is 11.4. The van der Waals surface area contributed by atoms with Crippen LogP contribution in [0.4, 0.5) is 4.79 Å². The lowest BCUT2D eigenvalue weighted by Crippen LogP contribution is -2.23. The predicted octanol–water partition coefficient (Wildman–Crippen LogP) is 3.29. The Morgan fingerprint density at radius 2 is 1.81 bits per heavy atom. The van der Waals surface area contributed by atoms with Crippen molar-refractivity contribution < 1.29 is 17.9 Å². The van der Waals surface area contributed by atoms with Crippen LogP contribution in [0.15, 0.2) is 58.5 Å². The number of carbonyl (C=O) groups excluding carboxylic acids is 1. The number of halogens is 1. The van der Waals surface area contributed by atoms with E-state index in [2.05, 4.69) is 15.2 Å². The lowest BCUT2D eigenvalue weighted by atomic mass is 10.1. The van der Waals surface area contributed by atoms with Crippen LogP contribution in [0.2, 0.25) is 5.02 Å². The molecule has 0 bridgehead atoms. The number of sulfonamides is 1. The van der Waals surface area contributed by atoms with Crippen LogP contribution in [-0.2, 0) is 21.3 Å². The number of amides is 1. The van der Waals surface area contributed by atoms with Crippen LogP contribution >= 0.6 is 11.6 Å². The van der Waals surface area contributed by atoms with Gasteiger partial charge in [-0.05, 0) is 43.2 Å². The van der Waals surface area contributed by atoms with Crippen LogP contribution in [-0.4, -0.2) is 26.8 Å². The second-order valence-electron chi connectivity index (χ2n) is 5.47. The molecule has 1 amide bonds. The summed E-state index contributed by atoms with van der Waals surface area (Å²) in [6, 6.07) is 13.2. The van der Waals surface area contributed by atoms with Crippen molar-refractivity contribution >= 4 is 33.4 Å². The molecule has 7 nitrogen and oxygen atoms in total. The molecule has 0 atom stereocenters. The van der Waals surface area contributed by atoms with Crippen molar-refractivity contribution in [3.05, 3.63) is 64.7 Å². The number of hydrazone groups is 1. The largest absolute Gasteiger partial charge is 0.449 e. The van der Waals surface area contributed by atoms with Gasteiger partial charge in [-0.25, -0.2) is 23.4 Å². The zero-order valence-corrected chi connectivity index (χ0v) is 16.5. The summed E-state index contributed by atoms with van der Waals surface area (Å²) < 4.78 is 32.1. The normalized spacial score (nSPS) is 11.9. The molecular weight excluding hydrogens is 390 g/mol. The molecule has 0 fully saturated rings. The smallest absolute Gasteiger partial charge is 0.427 e. The lowest BCUT2D eigenvalue weighted by Gasteiger charge is -2.09. The molecule has 0 heterocycles. The fraction of sp³-hybridized carbons (Fsp3) is 0.222. The predicted molar refractivity (Wildman–Crippen MR) is 104 cm³/mol. The van der Waals surface area contributed by atoms with E-state index in [9.17, 15) is 13.2 Å². The van der Waals surface area contributed by atoms with Crippen LogP contribution in [0, 0.1) is 0 Å². The third-order valence-corrected chi connectivity index (χ3v) is 5.37. The highest BCUT2D eigenvalue weighted by atomic mass is 35.5. The quantitative estimate of drug-likeness (QED) is 0.541. The lowest BCUT2D eigenvalue weighted by molar-refractivity contribution is 0.152. The third kappa shape index (κ3) is 6.06. The Morgan fingerprint density at radius 3 is 2.44 bits per heavy atom. The molecule has 2 rings (SSSR count). The number of nitrogens with one attached hydrogen (secondary N) is 2. The van der Waals surface area contributed by atoms with Crippen LogP contribution in [0.5, 0.6) is 0 Å². The molecule has 144 valence electrons. The summed E-state index contributed by atoms with van der Waals surface area (Å²) in [5.74, 6) is 0. The first-order valence-electron chi connectivity index (χ1n) is 8.14. The summed E-state index contributed by atoms with van der Waals surface area (Å²) >= 11 is 6.04. The van der Waals surface area contributed by atoms with E-state index in [1.54, 1.807) is 50.2 Å². The van der Waals surface area contributed by atoms with E-state index >= 15 is 0 Å². The number of carbonyl (C=O) groups is 1. The minimum absolute atomic E-state index is 0.0910. The van der Waals surface area contributed by atoms with E-state index in [0.29, 0.717) is 21.9 Å². The van der Waals surface area contributed by atoms with Crippen molar-refractivity contribution in [1.29, 1.82) is 0 Å². The topological polar surface area (TPSA) is 96.9 Å². The Balaban J connectivity index is 2.05. The highest BCUT2D eigenvalue weighted by Gasteiger charge is 2.14. The second kappa shape index (κ2) is 9.50. The van der Waals surface area contributed by atoms with E-state index in [-0.39, 0.29) is 18.0 Å². The van der Waals surface area contributed by atoms with Crippen molar-refractivity contribution in [2.24, 2.45) is 5.10 Å². The van der Waals surface area contributed by atoms with Crippen LogP contribution in [0.1, 0.15) is 25.0 Å². The maximum absolute atomic E-state index is 12.4. The SMILES string of the molecule is CCOC(=O)N/N=C(/C)c1ccc(S(=O)(=O)NCc2ccccc2Cl)cc1. The highest BCUT2D eigenvalue weighted by molar-refractivity contribution is 7.89. The standard InChI is InChI=1S/C18H20ClN3O4S/c1-3-26-18(23)22-21-13(2)14-8-10-16(11-9-14)27(24,25)20-12-15-6-4-5-7-17(15)19/h4-11,20H,3,12H2,1-2H3,(H,22,23)/b21-13-. The third-order valence-electron chi connectivity index (χ3n) is 3.58. The van der Waals surface area contributed by atoms with E-state index in [1.807, 2.05) is 0 Å². The van der Waals surface area contributed by atoms with Gasteiger partial charge in [-0.1, -0.05) is 41.9 Å². The molecular formula is C18H20ClN3O4S. The molecule has 0 spiro atoms. The van der Waals surface area contributed by atoms with E-state index in [1.165, 1.54) is 12.1 Å². The zero-order valence-electron chi connectivity index (χ0n) is 14.9. The molecule has 2 aromatic carbocycles. The van der Waals surface area contributed by atoms with Gasteiger partial charge in [-0.3, -0.25) is 0 Å². The first-order chi connectivity index (χ1) is 12.8. The molecule has 2 N–H and O–H groups in total. The van der Waals surface area contributed by atoms with Gasteiger partial charge in [0.2, 0.25) is 10.0 Å². The Kier molecular flexibility index (Phi) is 7.35. The Labute approximate surface area is 163 Å². The van der Waals surface area contributed by atoms with E-state index < -0.39 is 16.1 Å². The van der Waals surface area contributed by atoms with Gasteiger partial charge in [0, 0.05) is 11.6 Å². The molecule has 0 saturated heterocycles. The molecule has 0 unspecified atom stereocenters. The number of benzene rings is 2. The molecule has 27 heavy (non-hydrogen) atoms. The van der Waals surface area contributed by atoms with Gasteiger partial charge < -0.3 is 4.74 Å². The van der Waals surface area contributed by atoms with Crippen molar-refractivity contribution in [2.45, 2.75) is 25.3 Å². The minimum atomic E-state index is -3.69. The fourth-order valence-corrected chi connectivity index (χ4v) is 3.34. The van der Waals surface area contributed by atoms with Gasteiger partial charge in [0.25, 0.3) is 0 Å². The van der Waals surface area contributed by atoms with Crippen molar-refractivity contribution in [2.75, 3.05) is 6.61 Å².